The van der Waals surface area contributed by atoms with Gasteiger partial charge in [-0.2, -0.15) is 0 Å². The topological polar surface area (TPSA) is 88.9 Å². The van der Waals surface area contributed by atoms with Gasteiger partial charge in [0.1, 0.15) is 12.2 Å². The first-order valence-corrected chi connectivity index (χ1v) is 14.0. The Balaban J connectivity index is 1.46. The van der Waals surface area contributed by atoms with Crippen LogP contribution in [0.1, 0.15) is 35.6 Å². The summed E-state index contributed by atoms with van der Waals surface area (Å²) in [5.41, 5.74) is 7.32. The van der Waals surface area contributed by atoms with E-state index in [0.29, 0.717) is 25.2 Å². The van der Waals surface area contributed by atoms with Crippen molar-refractivity contribution >= 4 is 37.0 Å². The molecule has 0 fully saturated rings. The third kappa shape index (κ3) is 7.78. The largest absolute Gasteiger partial charge is 0.555 e. The number of nitrogens with one attached hydrogen (secondary N) is 1. The van der Waals surface area contributed by atoms with Crippen molar-refractivity contribution in [2.75, 3.05) is 25.7 Å². The molecular formula is C34H36BN2O5. The van der Waals surface area contributed by atoms with Crippen LogP contribution in [0.3, 0.4) is 0 Å². The van der Waals surface area contributed by atoms with E-state index in [1.165, 1.54) is 13.0 Å². The Morgan fingerprint density at radius 3 is 2.55 bits per heavy atom. The zero-order valence-corrected chi connectivity index (χ0v) is 24.3. The minimum absolute atomic E-state index is 0.144. The van der Waals surface area contributed by atoms with Crippen molar-refractivity contribution < 1.29 is 23.7 Å². The molecule has 0 heterocycles. The van der Waals surface area contributed by atoms with Crippen molar-refractivity contribution in [2.45, 2.75) is 38.4 Å². The van der Waals surface area contributed by atoms with Crippen LogP contribution < -0.4 is 9.64 Å². The Hall–Kier alpha value is -4.59. The molecule has 1 radical (unpaired) electrons. The standard InChI is InChI=1S/C34H36BN2O5/c1-4-41-33(38)22-31-27(21-26-12-5-6-14-30(26)31)13-8-10-24-9-7-11-25(19-24)20-32(35-42-23-36)34(39)37(2)28-15-17-29(40-3)18-16-28/h5-9,11-19,23,32,36H,4,10,20-22H2,1-3H3/t32-/m0/s1. The summed E-state index contributed by atoms with van der Waals surface area (Å²) in [6.07, 6.45) is 7.23. The molecule has 1 aliphatic carbocycles. The number of hydrogen-bond acceptors (Lipinski definition) is 6. The highest BCUT2D eigenvalue weighted by atomic mass is 16.5. The fourth-order valence-electron chi connectivity index (χ4n) is 5.16. The van der Waals surface area contributed by atoms with Crippen LogP contribution in [0.2, 0.25) is 5.82 Å². The Morgan fingerprint density at radius 1 is 1.05 bits per heavy atom. The first kappa shape index (κ1) is 30.4. The highest BCUT2D eigenvalue weighted by Gasteiger charge is 2.27. The lowest BCUT2D eigenvalue weighted by Gasteiger charge is -2.23. The van der Waals surface area contributed by atoms with E-state index >= 15 is 0 Å². The molecule has 0 saturated carbocycles. The summed E-state index contributed by atoms with van der Waals surface area (Å²) in [5, 5.41) is 7.27. The van der Waals surface area contributed by atoms with Crippen LogP contribution in [0.4, 0.5) is 5.69 Å². The Morgan fingerprint density at radius 2 is 1.81 bits per heavy atom. The van der Waals surface area contributed by atoms with Gasteiger partial charge in [-0.05, 0) is 83.9 Å². The summed E-state index contributed by atoms with van der Waals surface area (Å²) in [6, 6.07) is 23.6. The molecule has 3 aromatic rings. The van der Waals surface area contributed by atoms with E-state index in [1.807, 2.05) is 55.5 Å². The summed E-state index contributed by atoms with van der Waals surface area (Å²) in [6.45, 7) is 2.19. The fourth-order valence-corrected chi connectivity index (χ4v) is 5.16. The molecule has 1 N–H and O–H groups in total. The fraction of sp³-hybridized carbons (Fsp3) is 0.265. The van der Waals surface area contributed by atoms with Crippen molar-refractivity contribution in [2.24, 2.45) is 0 Å². The number of benzene rings is 3. The summed E-state index contributed by atoms with van der Waals surface area (Å²) in [7, 11) is 4.74. The molecule has 0 aliphatic heterocycles. The van der Waals surface area contributed by atoms with Gasteiger partial charge in [0.05, 0.1) is 26.0 Å². The monoisotopic (exact) mass is 563 g/mol. The molecule has 0 aromatic heterocycles. The molecular weight excluding hydrogens is 527 g/mol. The van der Waals surface area contributed by atoms with Crippen LogP contribution in [0.25, 0.3) is 5.57 Å². The number of allylic oxidation sites excluding steroid dienone is 3. The number of carbonyl (C=O) groups excluding carboxylic acids is 2. The quantitative estimate of drug-likeness (QED) is 0.113. The van der Waals surface area contributed by atoms with Crippen LogP contribution >= 0.6 is 0 Å². The lowest BCUT2D eigenvalue weighted by Crippen LogP contribution is -2.34. The third-order valence-corrected chi connectivity index (χ3v) is 7.28. The number of ether oxygens (including phenoxy) is 2. The van der Waals surface area contributed by atoms with Gasteiger partial charge in [-0.25, -0.2) is 0 Å². The number of esters is 1. The van der Waals surface area contributed by atoms with Crippen LogP contribution in [0.5, 0.6) is 5.75 Å². The summed E-state index contributed by atoms with van der Waals surface area (Å²) < 4.78 is 15.6. The summed E-state index contributed by atoms with van der Waals surface area (Å²) in [4.78, 5) is 27.3. The van der Waals surface area contributed by atoms with Gasteiger partial charge in [-0.15, -0.1) is 0 Å². The number of methoxy groups -OCH3 is 1. The number of fused-ring (bicyclic) bond motifs is 1. The number of rotatable bonds is 14. The molecule has 8 heteroatoms. The molecule has 1 atom stereocenters. The maximum Gasteiger partial charge on any atom is 0.384 e. The van der Waals surface area contributed by atoms with E-state index in [2.05, 4.69) is 36.4 Å². The van der Waals surface area contributed by atoms with Crippen molar-refractivity contribution in [3.05, 3.63) is 113 Å². The number of nitrogens with zero attached hydrogens (tertiary/aromatic N) is 1. The number of carbonyl (C=O) groups is 2. The molecule has 0 unspecified atom stereocenters. The molecule has 1 amide bonds. The third-order valence-electron chi connectivity index (χ3n) is 7.28. The molecule has 7 nitrogen and oxygen atoms in total. The molecule has 1 aliphatic rings. The van der Waals surface area contributed by atoms with Gasteiger partial charge in [0.2, 0.25) is 5.91 Å². The van der Waals surface area contributed by atoms with Gasteiger partial charge in [-0.1, -0.05) is 60.7 Å². The lowest BCUT2D eigenvalue weighted by molar-refractivity contribution is -0.141. The van der Waals surface area contributed by atoms with E-state index < -0.39 is 5.82 Å². The molecule has 4 rings (SSSR count). The predicted octanol–water partition coefficient (Wildman–Crippen LogP) is 5.99. The number of hydrogen-bond donors (Lipinski definition) is 1. The van der Waals surface area contributed by atoms with Gasteiger partial charge < -0.3 is 19.0 Å². The average Bonchev–Trinajstić information content (AvgIpc) is 3.35. The minimum atomic E-state index is -0.586. The second-order valence-electron chi connectivity index (χ2n) is 10.0. The van der Waals surface area contributed by atoms with E-state index in [0.717, 1.165) is 46.3 Å². The highest BCUT2D eigenvalue weighted by molar-refractivity contribution is 6.40. The van der Waals surface area contributed by atoms with E-state index in [1.54, 1.807) is 19.1 Å². The zero-order chi connectivity index (χ0) is 29.9. The second-order valence-corrected chi connectivity index (χ2v) is 10.0. The molecule has 0 spiro atoms. The van der Waals surface area contributed by atoms with Crippen molar-refractivity contribution in [1.82, 2.24) is 0 Å². The smallest absolute Gasteiger partial charge is 0.384 e. The molecule has 0 bridgehead atoms. The summed E-state index contributed by atoms with van der Waals surface area (Å²) >= 11 is 0. The second kappa shape index (κ2) is 14.9. The van der Waals surface area contributed by atoms with E-state index in [9.17, 15) is 9.59 Å². The number of amides is 1. The van der Waals surface area contributed by atoms with Gasteiger partial charge in [0.15, 0.2) is 0 Å². The van der Waals surface area contributed by atoms with Crippen molar-refractivity contribution in [3.8, 4) is 5.75 Å². The zero-order valence-electron chi connectivity index (χ0n) is 24.3. The Labute approximate surface area is 248 Å². The molecule has 0 saturated heterocycles. The van der Waals surface area contributed by atoms with Gasteiger partial charge in [0, 0.05) is 12.7 Å². The molecule has 3 aromatic carbocycles. The van der Waals surface area contributed by atoms with Crippen LogP contribution in [-0.2, 0) is 38.2 Å². The van der Waals surface area contributed by atoms with Gasteiger partial charge in [0.25, 0.3) is 0 Å². The summed E-state index contributed by atoms with van der Waals surface area (Å²) in [5.74, 6) is -0.232. The van der Waals surface area contributed by atoms with Crippen LogP contribution in [-0.4, -0.2) is 46.5 Å². The lowest BCUT2D eigenvalue weighted by atomic mass is 9.74. The normalized spacial score (nSPS) is 12.9. The maximum absolute atomic E-state index is 13.4. The SMILES string of the molecule is CCOC(=O)CC1=C(C=CCc2cccc(C[C@H]([B]OC=N)C(=O)N(C)c3ccc(OC)cc3)c2)Cc2ccccc21. The molecule has 215 valence electrons. The van der Waals surface area contributed by atoms with Crippen LogP contribution in [0.15, 0.2) is 90.5 Å². The Bertz CT molecular complexity index is 1460. The van der Waals surface area contributed by atoms with Crippen molar-refractivity contribution in [1.29, 1.82) is 5.41 Å². The Kier molecular flexibility index (Phi) is 10.8. The van der Waals surface area contributed by atoms with Crippen LogP contribution in [0, 0.1) is 5.41 Å². The highest BCUT2D eigenvalue weighted by Crippen LogP contribution is 2.36. The average molecular weight is 563 g/mol. The van der Waals surface area contributed by atoms with E-state index in [-0.39, 0.29) is 18.3 Å². The minimum Gasteiger partial charge on any atom is -0.555 e. The first-order chi connectivity index (χ1) is 20.4. The molecule has 42 heavy (non-hydrogen) atoms. The van der Waals surface area contributed by atoms with E-state index in [4.69, 9.17) is 19.5 Å². The first-order valence-electron chi connectivity index (χ1n) is 14.0. The van der Waals surface area contributed by atoms with Gasteiger partial charge >= 0.3 is 13.5 Å². The van der Waals surface area contributed by atoms with Crippen molar-refractivity contribution in [3.63, 3.8) is 0 Å². The predicted molar refractivity (Wildman–Crippen MR) is 167 cm³/mol. The number of anilines is 1. The van der Waals surface area contributed by atoms with Gasteiger partial charge in [-0.3, -0.25) is 15.0 Å². The maximum atomic E-state index is 13.4.